The molecule has 0 unspecified atom stereocenters. The van der Waals surface area contributed by atoms with E-state index in [9.17, 15) is 26.3 Å². The standard InChI is InChI=1S/C18H11F6N/c1-10-2-7-13-14(18(22,23)24)9-15(25-16(13)8-10)11-3-5-12(6-4-11)17(19,20)21/h2-9H,1H3. The van der Waals surface area contributed by atoms with E-state index in [1.165, 1.54) is 12.1 Å². The summed E-state index contributed by atoms with van der Waals surface area (Å²) in [5.41, 5.74) is -0.709. The Bertz CT molecular complexity index is 923. The summed E-state index contributed by atoms with van der Waals surface area (Å²) in [6.45, 7) is 1.72. The van der Waals surface area contributed by atoms with Crippen molar-refractivity contribution in [3.05, 3.63) is 65.2 Å². The summed E-state index contributed by atoms with van der Waals surface area (Å²) < 4.78 is 78.0. The molecule has 0 spiro atoms. The maximum atomic E-state index is 13.4. The van der Waals surface area contributed by atoms with Gasteiger partial charge in [-0.1, -0.05) is 24.3 Å². The second-order valence-electron chi connectivity index (χ2n) is 5.65. The monoisotopic (exact) mass is 355 g/mol. The van der Waals surface area contributed by atoms with E-state index in [0.717, 1.165) is 35.9 Å². The van der Waals surface area contributed by atoms with Gasteiger partial charge in [0.1, 0.15) is 0 Å². The Morgan fingerprint density at radius 2 is 1.40 bits per heavy atom. The highest BCUT2D eigenvalue weighted by atomic mass is 19.4. The van der Waals surface area contributed by atoms with E-state index in [1.807, 2.05) is 0 Å². The molecular weight excluding hydrogens is 344 g/mol. The van der Waals surface area contributed by atoms with Gasteiger partial charge in [0.15, 0.2) is 0 Å². The molecule has 0 atom stereocenters. The molecule has 0 aliphatic carbocycles. The quantitative estimate of drug-likeness (QED) is 0.470. The molecule has 2 aromatic carbocycles. The van der Waals surface area contributed by atoms with Gasteiger partial charge in [0.2, 0.25) is 0 Å². The van der Waals surface area contributed by atoms with Gasteiger partial charge in [-0.3, -0.25) is 0 Å². The van der Waals surface area contributed by atoms with Crippen LogP contribution >= 0.6 is 0 Å². The lowest BCUT2D eigenvalue weighted by molar-refractivity contribution is -0.137. The topological polar surface area (TPSA) is 12.9 Å². The van der Waals surface area contributed by atoms with Crippen molar-refractivity contribution in [3.8, 4) is 11.3 Å². The summed E-state index contributed by atoms with van der Waals surface area (Å²) in [6, 6.07) is 9.15. The van der Waals surface area contributed by atoms with Crippen molar-refractivity contribution in [1.82, 2.24) is 4.98 Å². The molecule has 7 heteroatoms. The van der Waals surface area contributed by atoms with Gasteiger partial charge in [-0.05, 0) is 36.8 Å². The Morgan fingerprint density at radius 1 is 0.760 bits per heavy atom. The fourth-order valence-electron chi connectivity index (χ4n) is 2.55. The zero-order valence-corrected chi connectivity index (χ0v) is 12.8. The molecule has 0 bridgehead atoms. The average Bonchev–Trinajstić information content (AvgIpc) is 2.52. The molecule has 0 fully saturated rings. The number of aromatic nitrogens is 1. The number of benzene rings is 2. The highest BCUT2D eigenvalue weighted by molar-refractivity contribution is 5.86. The number of halogens is 6. The first-order chi connectivity index (χ1) is 11.6. The summed E-state index contributed by atoms with van der Waals surface area (Å²) in [5, 5.41) is -0.0474. The minimum atomic E-state index is -4.60. The van der Waals surface area contributed by atoms with Gasteiger partial charge in [-0.15, -0.1) is 0 Å². The fraction of sp³-hybridized carbons (Fsp3) is 0.167. The van der Waals surface area contributed by atoms with Gasteiger partial charge in [-0.2, -0.15) is 26.3 Å². The van der Waals surface area contributed by atoms with Crippen LogP contribution in [-0.4, -0.2) is 4.98 Å². The van der Waals surface area contributed by atoms with Gasteiger partial charge < -0.3 is 0 Å². The van der Waals surface area contributed by atoms with E-state index in [2.05, 4.69) is 4.98 Å². The number of hydrogen-bond donors (Lipinski definition) is 0. The molecule has 130 valence electrons. The molecule has 3 rings (SSSR count). The first-order valence-electron chi connectivity index (χ1n) is 7.22. The molecule has 0 aliphatic rings. The van der Waals surface area contributed by atoms with Gasteiger partial charge in [-0.25, -0.2) is 4.98 Å². The zero-order chi connectivity index (χ0) is 18.4. The third kappa shape index (κ3) is 3.45. The maximum absolute atomic E-state index is 13.4. The molecular formula is C18H11F6N. The van der Waals surface area contributed by atoms with Crippen LogP contribution in [0, 0.1) is 6.92 Å². The Kier molecular flexibility index (Phi) is 3.97. The van der Waals surface area contributed by atoms with Crippen LogP contribution in [0.2, 0.25) is 0 Å². The number of rotatable bonds is 1. The summed E-state index contributed by atoms with van der Waals surface area (Å²) in [4.78, 5) is 4.19. The first-order valence-corrected chi connectivity index (χ1v) is 7.22. The summed E-state index contributed by atoms with van der Waals surface area (Å²) >= 11 is 0. The lowest BCUT2D eigenvalue weighted by Crippen LogP contribution is -2.07. The van der Waals surface area contributed by atoms with Crippen molar-refractivity contribution in [2.45, 2.75) is 19.3 Å². The van der Waals surface area contributed by atoms with Crippen LogP contribution in [0.4, 0.5) is 26.3 Å². The zero-order valence-electron chi connectivity index (χ0n) is 12.8. The smallest absolute Gasteiger partial charge is 0.248 e. The molecule has 1 aromatic heterocycles. The normalized spacial score (nSPS) is 12.6. The Balaban J connectivity index is 2.19. The van der Waals surface area contributed by atoms with Crippen molar-refractivity contribution in [3.63, 3.8) is 0 Å². The van der Waals surface area contributed by atoms with Gasteiger partial charge in [0.05, 0.1) is 22.3 Å². The van der Waals surface area contributed by atoms with Crippen LogP contribution in [0.3, 0.4) is 0 Å². The number of pyridine rings is 1. The van der Waals surface area contributed by atoms with Crippen LogP contribution in [0.1, 0.15) is 16.7 Å². The van der Waals surface area contributed by atoms with Crippen LogP contribution in [0.15, 0.2) is 48.5 Å². The van der Waals surface area contributed by atoms with E-state index in [1.54, 1.807) is 13.0 Å². The van der Waals surface area contributed by atoms with Crippen molar-refractivity contribution in [1.29, 1.82) is 0 Å². The maximum Gasteiger partial charge on any atom is 0.417 e. The number of alkyl halides is 6. The van der Waals surface area contributed by atoms with Crippen molar-refractivity contribution in [2.24, 2.45) is 0 Å². The molecule has 0 aliphatic heterocycles. The molecule has 0 amide bonds. The third-order valence-corrected chi connectivity index (χ3v) is 3.78. The fourth-order valence-corrected chi connectivity index (χ4v) is 2.55. The van der Waals surface area contributed by atoms with E-state index in [0.29, 0.717) is 0 Å². The number of nitrogens with zero attached hydrogens (tertiary/aromatic N) is 1. The third-order valence-electron chi connectivity index (χ3n) is 3.78. The summed E-state index contributed by atoms with van der Waals surface area (Å²) in [7, 11) is 0. The predicted octanol–water partition coefficient (Wildman–Crippen LogP) is 6.25. The molecule has 1 heterocycles. The van der Waals surface area contributed by atoms with Gasteiger partial charge >= 0.3 is 12.4 Å². The highest BCUT2D eigenvalue weighted by Crippen LogP contribution is 2.37. The molecule has 1 nitrogen and oxygen atoms in total. The SMILES string of the molecule is Cc1ccc2c(C(F)(F)F)cc(-c3ccc(C(F)(F)F)cc3)nc2c1. The van der Waals surface area contributed by atoms with E-state index in [-0.39, 0.29) is 22.2 Å². The first kappa shape index (κ1) is 17.3. The molecule has 25 heavy (non-hydrogen) atoms. The van der Waals surface area contributed by atoms with E-state index >= 15 is 0 Å². The van der Waals surface area contributed by atoms with Gasteiger partial charge in [0.25, 0.3) is 0 Å². The van der Waals surface area contributed by atoms with Crippen molar-refractivity contribution in [2.75, 3.05) is 0 Å². The van der Waals surface area contributed by atoms with Crippen LogP contribution in [-0.2, 0) is 12.4 Å². The Hall–Kier alpha value is -2.57. The lowest BCUT2D eigenvalue weighted by atomic mass is 10.0. The summed E-state index contributed by atoms with van der Waals surface area (Å²) in [5.74, 6) is 0. The molecule has 0 radical (unpaired) electrons. The number of aryl methyl sites for hydroxylation is 1. The molecule has 0 saturated heterocycles. The second-order valence-corrected chi connectivity index (χ2v) is 5.65. The van der Waals surface area contributed by atoms with Crippen molar-refractivity contribution < 1.29 is 26.3 Å². The second kappa shape index (κ2) is 5.75. The largest absolute Gasteiger partial charge is 0.417 e. The summed E-state index contributed by atoms with van der Waals surface area (Å²) in [6.07, 6.45) is -9.11. The van der Waals surface area contributed by atoms with E-state index in [4.69, 9.17) is 0 Å². The van der Waals surface area contributed by atoms with Crippen molar-refractivity contribution >= 4 is 10.9 Å². The minimum absolute atomic E-state index is 0.0286. The highest BCUT2D eigenvalue weighted by Gasteiger charge is 2.34. The molecule has 0 saturated carbocycles. The average molecular weight is 355 g/mol. The number of fused-ring (bicyclic) bond motifs is 1. The lowest BCUT2D eigenvalue weighted by Gasteiger charge is -2.13. The van der Waals surface area contributed by atoms with Crippen LogP contribution in [0.25, 0.3) is 22.2 Å². The Labute approximate surface area is 138 Å². The van der Waals surface area contributed by atoms with E-state index < -0.39 is 23.5 Å². The predicted molar refractivity (Wildman–Crippen MR) is 81.9 cm³/mol. The van der Waals surface area contributed by atoms with Crippen LogP contribution < -0.4 is 0 Å². The van der Waals surface area contributed by atoms with Crippen LogP contribution in [0.5, 0.6) is 0 Å². The van der Waals surface area contributed by atoms with Gasteiger partial charge in [0, 0.05) is 10.9 Å². The molecule has 3 aromatic rings. The minimum Gasteiger partial charge on any atom is -0.248 e. The molecule has 0 N–H and O–H groups in total. The Morgan fingerprint density at radius 3 is 1.96 bits per heavy atom. The number of hydrogen-bond acceptors (Lipinski definition) is 1.